The van der Waals surface area contributed by atoms with E-state index < -0.39 is 28.7 Å². The second kappa shape index (κ2) is 5.96. The van der Waals surface area contributed by atoms with E-state index in [2.05, 4.69) is 4.98 Å². The Kier molecular flexibility index (Phi) is 4.25. The molecule has 0 saturated heterocycles. The molecule has 2 rings (SSSR count). The highest BCUT2D eigenvalue weighted by molar-refractivity contribution is 6.01. The number of amides is 1. The molecule has 9 heteroatoms. The molecule has 22 heavy (non-hydrogen) atoms. The van der Waals surface area contributed by atoms with Gasteiger partial charge in [-0.05, 0) is 36.7 Å². The first kappa shape index (κ1) is 15.7. The van der Waals surface area contributed by atoms with Crippen molar-refractivity contribution >= 4 is 23.5 Å². The molecule has 1 unspecified atom stereocenters. The number of pyridine rings is 1. The van der Waals surface area contributed by atoms with Crippen LogP contribution in [0.1, 0.15) is 20.8 Å². The monoisotopic (exact) mass is 309 g/mol. The number of ether oxygens (including phenoxy) is 2. The zero-order valence-electron chi connectivity index (χ0n) is 12.3. The van der Waals surface area contributed by atoms with Gasteiger partial charge in [-0.1, -0.05) is 0 Å². The first-order valence-electron chi connectivity index (χ1n) is 6.62. The summed E-state index contributed by atoms with van der Waals surface area (Å²) in [5, 5.41) is 10.8. The average Bonchev–Trinajstić information content (AvgIpc) is 2.45. The Bertz CT molecular complexity index is 630. The number of hydrogen-bond donors (Lipinski definition) is 0. The number of aromatic nitrogens is 1. The Balaban J connectivity index is 2.40. The van der Waals surface area contributed by atoms with Gasteiger partial charge in [0.1, 0.15) is 6.04 Å². The average molecular weight is 309 g/mol. The SMILES string of the molecule is CC(C)OC(=O)C(C)N1C(=O)COc2ccc([N+](=O)[O-])nc21. The summed E-state index contributed by atoms with van der Waals surface area (Å²) in [5.41, 5.74) is 0. The van der Waals surface area contributed by atoms with Crippen LogP contribution < -0.4 is 9.64 Å². The molecule has 2 heterocycles. The van der Waals surface area contributed by atoms with Gasteiger partial charge >= 0.3 is 11.8 Å². The molecule has 1 aliphatic heterocycles. The Hall–Kier alpha value is -2.71. The van der Waals surface area contributed by atoms with Crippen LogP contribution in [-0.2, 0) is 14.3 Å². The van der Waals surface area contributed by atoms with Crippen LogP contribution in [0.2, 0.25) is 0 Å². The van der Waals surface area contributed by atoms with E-state index in [9.17, 15) is 19.7 Å². The van der Waals surface area contributed by atoms with Crippen molar-refractivity contribution < 1.29 is 24.0 Å². The van der Waals surface area contributed by atoms with Gasteiger partial charge in [-0.25, -0.2) is 4.79 Å². The lowest BCUT2D eigenvalue weighted by molar-refractivity contribution is -0.389. The Morgan fingerprint density at radius 3 is 2.73 bits per heavy atom. The van der Waals surface area contributed by atoms with Gasteiger partial charge in [0.2, 0.25) is 0 Å². The van der Waals surface area contributed by atoms with Crippen molar-refractivity contribution in [3.05, 3.63) is 22.2 Å². The molecule has 1 amide bonds. The van der Waals surface area contributed by atoms with E-state index in [0.29, 0.717) is 0 Å². The minimum atomic E-state index is -0.966. The summed E-state index contributed by atoms with van der Waals surface area (Å²) < 4.78 is 10.3. The van der Waals surface area contributed by atoms with E-state index in [-0.39, 0.29) is 24.3 Å². The number of fused-ring (bicyclic) bond motifs is 1. The van der Waals surface area contributed by atoms with Crippen molar-refractivity contribution in [1.29, 1.82) is 0 Å². The van der Waals surface area contributed by atoms with Crippen molar-refractivity contribution in [2.45, 2.75) is 32.9 Å². The summed E-state index contributed by atoms with van der Waals surface area (Å²) in [7, 11) is 0. The molecular weight excluding hydrogens is 294 g/mol. The molecule has 118 valence electrons. The summed E-state index contributed by atoms with van der Waals surface area (Å²) in [4.78, 5) is 39.1. The molecule has 0 bridgehead atoms. The van der Waals surface area contributed by atoms with Crippen LogP contribution >= 0.6 is 0 Å². The van der Waals surface area contributed by atoms with Gasteiger partial charge in [0.05, 0.1) is 6.10 Å². The quantitative estimate of drug-likeness (QED) is 0.464. The number of esters is 1. The largest absolute Gasteiger partial charge is 0.477 e. The number of nitro groups is 1. The Labute approximate surface area is 126 Å². The summed E-state index contributed by atoms with van der Waals surface area (Å²) in [6.07, 6.45) is -0.344. The highest BCUT2D eigenvalue weighted by atomic mass is 16.6. The van der Waals surface area contributed by atoms with E-state index in [0.717, 1.165) is 4.90 Å². The van der Waals surface area contributed by atoms with Gasteiger partial charge in [-0.3, -0.25) is 9.69 Å². The second-order valence-electron chi connectivity index (χ2n) is 4.96. The smallest absolute Gasteiger partial charge is 0.366 e. The molecule has 0 fully saturated rings. The topological polar surface area (TPSA) is 112 Å². The molecule has 0 spiro atoms. The summed E-state index contributed by atoms with van der Waals surface area (Å²) >= 11 is 0. The van der Waals surface area contributed by atoms with Crippen LogP contribution in [-0.4, -0.2) is 40.5 Å². The van der Waals surface area contributed by atoms with Crippen molar-refractivity contribution in [2.24, 2.45) is 0 Å². The fourth-order valence-corrected chi connectivity index (χ4v) is 1.98. The van der Waals surface area contributed by atoms with Crippen LogP contribution in [0.15, 0.2) is 12.1 Å². The van der Waals surface area contributed by atoms with Crippen molar-refractivity contribution in [1.82, 2.24) is 4.98 Å². The number of anilines is 1. The zero-order valence-corrected chi connectivity index (χ0v) is 12.3. The van der Waals surface area contributed by atoms with Gasteiger partial charge in [-0.2, -0.15) is 0 Å². The third kappa shape index (κ3) is 2.97. The van der Waals surface area contributed by atoms with Crippen LogP contribution in [0.5, 0.6) is 5.75 Å². The fraction of sp³-hybridized carbons (Fsp3) is 0.462. The zero-order chi connectivity index (χ0) is 16.4. The molecule has 0 N–H and O–H groups in total. The summed E-state index contributed by atoms with van der Waals surface area (Å²) in [5.74, 6) is -1.43. The van der Waals surface area contributed by atoms with Gasteiger partial charge in [-0.15, -0.1) is 0 Å². The maximum Gasteiger partial charge on any atom is 0.366 e. The lowest BCUT2D eigenvalue weighted by Gasteiger charge is -2.29. The van der Waals surface area contributed by atoms with Gasteiger partial charge in [0.25, 0.3) is 11.7 Å². The Morgan fingerprint density at radius 2 is 2.14 bits per heavy atom. The van der Waals surface area contributed by atoms with E-state index >= 15 is 0 Å². The minimum absolute atomic E-state index is 0.0568. The fourth-order valence-electron chi connectivity index (χ4n) is 1.98. The number of carbonyl (C=O) groups excluding carboxylic acids is 2. The second-order valence-corrected chi connectivity index (χ2v) is 4.96. The number of carbonyl (C=O) groups is 2. The molecule has 1 aromatic rings. The molecule has 0 aliphatic carbocycles. The normalized spacial score (nSPS) is 15.1. The summed E-state index contributed by atoms with van der Waals surface area (Å²) in [6, 6.07) is 1.55. The van der Waals surface area contributed by atoms with Crippen LogP contribution in [0, 0.1) is 10.1 Å². The van der Waals surface area contributed by atoms with E-state index in [1.165, 1.54) is 19.1 Å². The molecule has 1 atom stereocenters. The van der Waals surface area contributed by atoms with Crippen LogP contribution in [0.3, 0.4) is 0 Å². The minimum Gasteiger partial charge on any atom is -0.477 e. The number of nitrogens with zero attached hydrogens (tertiary/aromatic N) is 3. The number of rotatable bonds is 4. The molecule has 0 saturated carbocycles. The van der Waals surface area contributed by atoms with E-state index in [4.69, 9.17) is 9.47 Å². The van der Waals surface area contributed by atoms with Gasteiger partial charge in [0.15, 0.2) is 12.4 Å². The molecule has 1 aliphatic rings. The summed E-state index contributed by atoms with van der Waals surface area (Å²) in [6.45, 7) is 4.57. The standard InChI is InChI=1S/C13H15N3O6/c1-7(2)22-13(18)8(3)15-11(17)6-21-9-4-5-10(16(19)20)14-12(9)15/h4-5,7-8H,6H2,1-3H3. The lowest BCUT2D eigenvalue weighted by atomic mass is 10.2. The maximum atomic E-state index is 12.1. The van der Waals surface area contributed by atoms with Crippen LogP contribution in [0.4, 0.5) is 11.6 Å². The third-order valence-corrected chi connectivity index (χ3v) is 2.94. The van der Waals surface area contributed by atoms with Gasteiger partial charge < -0.3 is 19.6 Å². The molecular formula is C13H15N3O6. The van der Waals surface area contributed by atoms with Crippen molar-refractivity contribution in [3.8, 4) is 5.75 Å². The van der Waals surface area contributed by atoms with Gasteiger partial charge in [0, 0.05) is 6.07 Å². The highest BCUT2D eigenvalue weighted by Gasteiger charge is 2.39. The van der Waals surface area contributed by atoms with Crippen molar-refractivity contribution in [3.63, 3.8) is 0 Å². The maximum absolute atomic E-state index is 12.1. The molecule has 1 aromatic heterocycles. The van der Waals surface area contributed by atoms with Crippen LogP contribution in [0.25, 0.3) is 0 Å². The predicted octanol–water partition coefficient (Wildman–Crippen LogP) is 1.06. The molecule has 0 radical (unpaired) electrons. The first-order valence-corrected chi connectivity index (χ1v) is 6.62. The van der Waals surface area contributed by atoms with Crippen molar-refractivity contribution in [2.75, 3.05) is 11.5 Å². The highest BCUT2D eigenvalue weighted by Crippen LogP contribution is 2.33. The lowest BCUT2D eigenvalue weighted by Crippen LogP contribution is -2.49. The van der Waals surface area contributed by atoms with E-state index in [1.807, 2.05) is 0 Å². The first-order chi connectivity index (χ1) is 10.3. The third-order valence-electron chi connectivity index (χ3n) is 2.94. The molecule has 9 nitrogen and oxygen atoms in total. The predicted molar refractivity (Wildman–Crippen MR) is 74.6 cm³/mol. The van der Waals surface area contributed by atoms with E-state index in [1.54, 1.807) is 13.8 Å². The number of hydrogen-bond acceptors (Lipinski definition) is 7. The molecule has 0 aromatic carbocycles. The Morgan fingerprint density at radius 1 is 1.45 bits per heavy atom.